The highest BCUT2D eigenvalue weighted by molar-refractivity contribution is 7.18. The molecule has 2 aliphatic rings. The van der Waals surface area contributed by atoms with Crippen LogP contribution < -0.4 is 10.9 Å². The molecule has 5 rings (SSSR count). The number of aromatic nitrogens is 2. The Morgan fingerprint density at radius 1 is 1.21 bits per heavy atom. The molecule has 33 heavy (non-hydrogen) atoms. The van der Waals surface area contributed by atoms with E-state index in [1.165, 1.54) is 4.88 Å². The summed E-state index contributed by atoms with van der Waals surface area (Å²) in [5.41, 5.74) is 2.64. The van der Waals surface area contributed by atoms with Crippen molar-refractivity contribution in [1.82, 2.24) is 14.5 Å². The summed E-state index contributed by atoms with van der Waals surface area (Å²) in [6.45, 7) is 6.28. The molecule has 0 saturated carbocycles. The number of carbonyl (C=O) groups excluding carboxylic acids is 1. The minimum Gasteiger partial charge on any atom is -0.324 e. The molecule has 0 bridgehead atoms. The van der Waals surface area contributed by atoms with Crippen molar-refractivity contribution in [3.8, 4) is 0 Å². The number of amides is 1. The summed E-state index contributed by atoms with van der Waals surface area (Å²) in [6.07, 6.45) is 6.50. The number of hydrogen-bond acceptors (Lipinski definition) is 5. The third-order valence-electron chi connectivity index (χ3n) is 6.86. The third-order valence-corrected chi connectivity index (χ3v) is 8.46. The van der Waals surface area contributed by atoms with Crippen molar-refractivity contribution in [2.24, 2.45) is 0 Å². The van der Waals surface area contributed by atoms with E-state index in [0.717, 1.165) is 73.0 Å². The maximum atomic E-state index is 13.9. The highest BCUT2D eigenvalue weighted by atomic mass is 35.5. The average molecular weight is 485 g/mol. The van der Waals surface area contributed by atoms with Gasteiger partial charge in [-0.25, -0.2) is 4.98 Å². The van der Waals surface area contributed by atoms with Gasteiger partial charge in [0.15, 0.2) is 0 Å². The fraction of sp³-hybridized carbons (Fsp3) is 0.480. The van der Waals surface area contributed by atoms with Gasteiger partial charge in [0.25, 0.3) is 5.56 Å². The summed E-state index contributed by atoms with van der Waals surface area (Å²) in [5.74, 6) is 0.433. The Kier molecular flexibility index (Phi) is 6.29. The average Bonchev–Trinajstić information content (AvgIpc) is 3.43. The van der Waals surface area contributed by atoms with E-state index in [4.69, 9.17) is 16.6 Å². The third kappa shape index (κ3) is 4.34. The van der Waals surface area contributed by atoms with Crippen molar-refractivity contribution in [3.05, 3.63) is 55.4 Å². The van der Waals surface area contributed by atoms with Gasteiger partial charge >= 0.3 is 0 Å². The van der Waals surface area contributed by atoms with Crippen molar-refractivity contribution < 1.29 is 4.79 Å². The summed E-state index contributed by atoms with van der Waals surface area (Å²) in [5, 5.41) is 4.26. The van der Waals surface area contributed by atoms with E-state index in [2.05, 4.69) is 10.2 Å². The molecule has 174 valence electrons. The lowest BCUT2D eigenvalue weighted by Crippen LogP contribution is -2.36. The number of rotatable bonds is 5. The molecule has 8 heteroatoms. The fourth-order valence-electron chi connectivity index (χ4n) is 4.95. The predicted octanol–water partition coefficient (Wildman–Crippen LogP) is 5.09. The first-order valence-electron chi connectivity index (χ1n) is 11.8. The number of nitrogens with zero attached hydrogens (tertiary/aromatic N) is 3. The zero-order valence-corrected chi connectivity index (χ0v) is 20.7. The summed E-state index contributed by atoms with van der Waals surface area (Å²) in [7, 11) is 0. The van der Waals surface area contributed by atoms with E-state index in [9.17, 15) is 9.59 Å². The van der Waals surface area contributed by atoms with Crippen molar-refractivity contribution >= 4 is 44.7 Å². The number of benzene rings is 1. The number of anilines is 1. The molecule has 0 spiro atoms. The highest BCUT2D eigenvalue weighted by Gasteiger charge is 2.27. The second-order valence-corrected chi connectivity index (χ2v) is 10.7. The van der Waals surface area contributed by atoms with Gasteiger partial charge in [0.1, 0.15) is 16.7 Å². The van der Waals surface area contributed by atoms with E-state index in [-0.39, 0.29) is 11.5 Å². The van der Waals surface area contributed by atoms with Crippen molar-refractivity contribution in [2.75, 3.05) is 18.4 Å². The summed E-state index contributed by atoms with van der Waals surface area (Å²) < 4.78 is 1.63. The fourth-order valence-corrected chi connectivity index (χ4v) is 6.40. The molecule has 3 aromatic rings. The van der Waals surface area contributed by atoms with Crippen molar-refractivity contribution in [2.45, 2.75) is 65.0 Å². The van der Waals surface area contributed by atoms with Gasteiger partial charge in [-0.15, -0.1) is 11.3 Å². The largest absolute Gasteiger partial charge is 0.324 e. The Morgan fingerprint density at radius 3 is 2.73 bits per heavy atom. The number of thiophene rings is 1. The summed E-state index contributed by atoms with van der Waals surface area (Å²) in [4.78, 5) is 36.5. The number of likely N-dealkylation sites (tertiary alicyclic amines) is 1. The first-order valence-corrected chi connectivity index (χ1v) is 13.0. The maximum absolute atomic E-state index is 13.9. The lowest BCUT2D eigenvalue weighted by atomic mass is 9.97. The smallest absolute Gasteiger partial charge is 0.263 e. The SMILES string of the molecule is Cc1ccc(NC(=O)C(C)n2c(CN3CCCC3)nc3sc4c(c3c2=O)CCCC4)cc1Cl. The Labute approximate surface area is 202 Å². The zero-order chi connectivity index (χ0) is 23.1. The van der Waals surface area contributed by atoms with Gasteiger partial charge in [-0.2, -0.15) is 0 Å². The van der Waals surface area contributed by atoms with Gasteiger partial charge in [-0.05, 0) is 88.7 Å². The zero-order valence-electron chi connectivity index (χ0n) is 19.1. The predicted molar refractivity (Wildman–Crippen MR) is 135 cm³/mol. The van der Waals surface area contributed by atoms with E-state index in [1.807, 2.05) is 19.1 Å². The molecule has 1 aliphatic carbocycles. The molecule has 1 N–H and O–H groups in total. The molecule has 6 nitrogen and oxygen atoms in total. The molecule has 0 radical (unpaired) electrons. The Bertz CT molecular complexity index is 1280. The van der Waals surface area contributed by atoms with Gasteiger partial charge < -0.3 is 5.32 Å². The number of aryl methyl sites for hydroxylation is 3. The van der Waals surface area contributed by atoms with Crippen LogP contribution in [0, 0.1) is 6.92 Å². The van der Waals surface area contributed by atoms with Crippen LogP contribution in [0.2, 0.25) is 5.02 Å². The minimum absolute atomic E-state index is 0.0850. The van der Waals surface area contributed by atoms with E-state index < -0.39 is 6.04 Å². The molecule has 1 unspecified atom stereocenters. The molecule has 1 saturated heterocycles. The van der Waals surface area contributed by atoms with Crippen LogP contribution in [0.3, 0.4) is 0 Å². The number of nitrogens with one attached hydrogen (secondary N) is 1. The second-order valence-electron chi connectivity index (χ2n) is 9.21. The van der Waals surface area contributed by atoms with Gasteiger partial charge in [0.2, 0.25) is 5.91 Å². The molecule has 1 atom stereocenters. The number of halogens is 1. The van der Waals surface area contributed by atoms with E-state index in [0.29, 0.717) is 23.1 Å². The monoisotopic (exact) mass is 484 g/mol. The molecule has 1 amide bonds. The van der Waals surface area contributed by atoms with Crippen molar-refractivity contribution in [1.29, 1.82) is 0 Å². The first kappa shape index (κ1) is 22.6. The van der Waals surface area contributed by atoms with Crippen LogP contribution >= 0.6 is 22.9 Å². The second kappa shape index (κ2) is 9.20. The van der Waals surface area contributed by atoms with Gasteiger partial charge in [0.05, 0.1) is 11.9 Å². The van der Waals surface area contributed by atoms with Gasteiger partial charge in [-0.1, -0.05) is 17.7 Å². The molecule has 3 heterocycles. The van der Waals surface area contributed by atoms with Crippen LogP contribution in [0.5, 0.6) is 0 Å². The molecule has 1 aliphatic heterocycles. The Hall–Kier alpha value is -2.22. The normalized spacial score (nSPS) is 17.3. The number of fused-ring (bicyclic) bond motifs is 3. The van der Waals surface area contributed by atoms with Crippen LogP contribution in [0.4, 0.5) is 5.69 Å². The maximum Gasteiger partial charge on any atom is 0.263 e. The van der Waals surface area contributed by atoms with Crippen LogP contribution in [0.1, 0.15) is 60.5 Å². The van der Waals surface area contributed by atoms with Crippen molar-refractivity contribution in [3.63, 3.8) is 0 Å². The van der Waals surface area contributed by atoms with E-state index in [1.54, 1.807) is 28.9 Å². The first-order chi connectivity index (χ1) is 15.9. The summed E-state index contributed by atoms with van der Waals surface area (Å²) >= 11 is 7.90. The topological polar surface area (TPSA) is 67.2 Å². The van der Waals surface area contributed by atoms with Crippen LogP contribution in [-0.4, -0.2) is 33.4 Å². The molecule has 2 aromatic heterocycles. The number of hydrogen-bond donors (Lipinski definition) is 1. The number of carbonyl (C=O) groups is 1. The molecule has 1 fully saturated rings. The lowest BCUT2D eigenvalue weighted by molar-refractivity contribution is -0.119. The Balaban J connectivity index is 1.56. The quantitative estimate of drug-likeness (QED) is 0.547. The van der Waals surface area contributed by atoms with Gasteiger partial charge in [-0.3, -0.25) is 19.1 Å². The van der Waals surface area contributed by atoms with Gasteiger partial charge in [0, 0.05) is 15.6 Å². The molecule has 1 aromatic carbocycles. The minimum atomic E-state index is -0.689. The molecular weight excluding hydrogens is 456 g/mol. The van der Waals surface area contributed by atoms with Crippen LogP contribution in [0.15, 0.2) is 23.0 Å². The standard InChI is InChI=1S/C25H29ClN4O2S/c1-15-9-10-17(13-19(15)26)27-23(31)16(2)30-21(14-29-11-5-6-12-29)28-24-22(25(30)32)18-7-3-4-8-20(18)33-24/h9-10,13,16H,3-8,11-12,14H2,1-2H3,(H,27,31). The Morgan fingerprint density at radius 2 is 1.97 bits per heavy atom. The lowest BCUT2D eigenvalue weighted by Gasteiger charge is -2.22. The van der Waals surface area contributed by atoms with E-state index >= 15 is 0 Å². The van der Waals surface area contributed by atoms with Crippen LogP contribution in [-0.2, 0) is 24.2 Å². The van der Waals surface area contributed by atoms with Crippen LogP contribution in [0.25, 0.3) is 10.2 Å². The highest BCUT2D eigenvalue weighted by Crippen LogP contribution is 2.34. The molecular formula is C25H29ClN4O2S. The summed E-state index contributed by atoms with van der Waals surface area (Å²) in [6, 6.07) is 4.76.